The number of methoxy groups -OCH3 is 1. The van der Waals surface area contributed by atoms with E-state index in [0.29, 0.717) is 24.4 Å². The topological polar surface area (TPSA) is 60.2 Å². The molecular weight excluding hydrogens is 340 g/mol. The van der Waals surface area contributed by atoms with Gasteiger partial charge in [-0.3, -0.25) is 9.78 Å². The molecule has 2 aromatic heterocycles. The number of aromatic nitrogens is 3. The number of imidazole rings is 1. The van der Waals surface area contributed by atoms with Crippen LogP contribution >= 0.6 is 0 Å². The van der Waals surface area contributed by atoms with Gasteiger partial charge >= 0.3 is 0 Å². The van der Waals surface area contributed by atoms with Crippen LogP contribution in [0.5, 0.6) is 5.75 Å². The Morgan fingerprint density at radius 2 is 1.96 bits per heavy atom. The summed E-state index contributed by atoms with van der Waals surface area (Å²) in [5, 5.41) is 0. The molecule has 0 saturated carbocycles. The Balaban J connectivity index is 1.82. The molecule has 3 aromatic rings. The van der Waals surface area contributed by atoms with Crippen molar-refractivity contribution in [1.82, 2.24) is 19.4 Å². The number of nitrogens with zero attached hydrogens (tertiary/aromatic N) is 4. The molecule has 0 aliphatic heterocycles. The minimum absolute atomic E-state index is 0.00749. The fourth-order valence-electron chi connectivity index (χ4n) is 3.00. The quantitative estimate of drug-likeness (QED) is 0.643. The number of ether oxygens (including phenoxy) is 1. The standard InChI is InChI=1S/C21H24N4O2/c1-4-12-25(15-20-23-11-13-24(20)2)21(26)17-7-5-16(6-8-17)18-9-10-22-14-19(18)27-3/h5-11,13-14H,4,12,15H2,1-3H3. The summed E-state index contributed by atoms with van der Waals surface area (Å²) in [4.78, 5) is 23.3. The summed E-state index contributed by atoms with van der Waals surface area (Å²) in [5.41, 5.74) is 2.59. The number of amides is 1. The molecule has 2 heterocycles. The number of hydrogen-bond donors (Lipinski definition) is 0. The van der Waals surface area contributed by atoms with E-state index in [0.717, 1.165) is 23.4 Å². The molecule has 0 unspecified atom stereocenters. The number of aryl methyl sites for hydroxylation is 1. The number of carbonyl (C=O) groups is 1. The first kappa shape index (κ1) is 18.6. The van der Waals surface area contributed by atoms with Gasteiger partial charge in [0.2, 0.25) is 0 Å². The molecule has 27 heavy (non-hydrogen) atoms. The Kier molecular flexibility index (Phi) is 5.86. The van der Waals surface area contributed by atoms with E-state index in [9.17, 15) is 4.79 Å². The van der Waals surface area contributed by atoms with Crippen LogP contribution in [-0.4, -0.2) is 39.0 Å². The van der Waals surface area contributed by atoms with E-state index in [1.54, 1.807) is 25.7 Å². The van der Waals surface area contributed by atoms with Crippen molar-refractivity contribution >= 4 is 5.91 Å². The minimum Gasteiger partial charge on any atom is -0.494 e. The van der Waals surface area contributed by atoms with Crippen molar-refractivity contribution in [3.8, 4) is 16.9 Å². The summed E-state index contributed by atoms with van der Waals surface area (Å²) in [6.07, 6.45) is 7.95. The van der Waals surface area contributed by atoms with Gasteiger partial charge in [0.25, 0.3) is 5.91 Å². The van der Waals surface area contributed by atoms with Gasteiger partial charge < -0.3 is 14.2 Å². The van der Waals surface area contributed by atoms with E-state index in [2.05, 4.69) is 16.9 Å². The smallest absolute Gasteiger partial charge is 0.254 e. The summed E-state index contributed by atoms with van der Waals surface area (Å²) >= 11 is 0. The van der Waals surface area contributed by atoms with Crippen LogP contribution in [0.15, 0.2) is 55.1 Å². The average molecular weight is 364 g/mol. The van der Waals surface area contributed by atoms with Gasteiger partial charge in [-0.1, -0.05) is 19.1 Å². The molecule has 0 radical (unpaired) electrons. The maximum atomic E-state index is 13.0. The fourth-order valence-corrected chi connectivity index (χ4v) is 3.00. The van der Waals surface area contributed by atoms with Crippen LogP contribution in [0.4, 0.5) is 0 Å². The Bertz CT molecular complexity index is 903. The molecule has 0 aliphatic rings. The van der Waals surface area contributed by atoms with Crippen molar-refractivity contribution in [2.75, 3.05) is 13.7 Å². The SMILES string of the molecule is CCCN(Cc1nccn1C)C(=O)c1ccc(-c2ccncc2OC)cc1. The van der Waals surface area contributed by atoms with E-state index in [1.165, 1.54) is 0 Å². The lowest BCUT2D eigenvalue weighted by Crippen LogP contribution is -2.32. The predicted octanol–water partition coefficient (Wildman–Crippen LogP) is 3.54. The van der Waals surface area contributed by atoms with Gasteiger partial charge in [0.1, 0.15) is 11.6 Å². The summed E-state index contributed by atoms with van der Waals surface area (Å²) in [6.45, 7) is 3.25. The van der Waals surface area contributed by atoms with Crippen molar-refractivity contribution in [3.63, 3.8) is 0 Å². The van der Waals surface area contributed by atoms with Crippen LogP contribution in [0.2, 0.25) is 0 Å². The lowest BCUT2D eigenvalue weighted by atomic mass is 10.0. The predicted molar refractivity (Wildman–Crippen MR) is 104 cm³/mol. The van der Waals surface area contributed by atoms with Crippen LogP contribution in [0.25, 0.3) is 11.1 Å². The van der Waals surface area contributed by atoms with Gasteiger partial charge in [0.15, 0.2) is 0 Å². The van der Waals surface area contributed by atoms with Crippen LogP contribution in [0.1, 0.15) is 29.5 Å². The van der Waals surface area contributed by atoms with Crippen molar-refractivity contribution in [2.24, 2.45) is 7.05 Å². The monoisotopic (exact) mass is 364 g/mol. The second-order valence-corrected chi connectivity index (χ2v) is 6.33. The Morgan fingerprint density at radius 1 is 1.19 bits per heavy atom. The van der Waals surface area contributed by atoms with Crippen LogP contribution in [-0.2, 0) is 13.6 Å². The van der Waals surface area contributed by atoms with E-state index < -0.39 is 0 Å². The molecule has 3 rings (SSSR count). The molecule has 0 N–H and O–H groups in total. The Labute approximate surface area is 159 Å². The van der Waals surface area contributed by atoms with E-state index >= 15 is 0 Å². The molecule has 0 saturated heterocycles. The van der Waals surface area contributed by atoms with Gasteiger partial charge in [0, 0.05) is 43.3 Å². The number of hydrogen-bond acceptors (Lipinski definition) is 4. The first-order valence-corrected chi connectivity index (χ1v) is 8.98. The Hall–Kier alpha value is -3.15. The third-order valence-corrected chi connectivity index (χ3v) is 4.48. The van der Waals surface area contributed by atoms with Crippen molar-refractivity contribution in [2.45, 2.75) is 19.9 Å². The largest absolute Gasteiger partial charge is 0.494 e. The van der Waals surface area contributed by atoms with Crippen LogP contribution in [0.3, 0.4) is 0 Å². The minimum atomic E-state index is 0.00749. The molecule has 140 valence electrons. The average Bonchev–Trinajstić information content (AvgIpc) is 3.11. The zero-order valence-electron chi connectivity index (χ0n) is 15.9. The number of carbonyl (C=O) groups excluding carboxylic acids is 1. The second-order valence-electron chi connectivity index (χ2n) is 6.33. The zero-order valence-corrected chi connectivity index (χ0v) is 15.9. The van der Waals surface area contributed by atoms with Crippen LogP contribution in [0, 0.1) is 0 Å². The number of pyridine rings is 1. The highest BCUT2D eigenvalue weighted by Crippen LogP contribution is 2.29. The van der Waals surface area contributed by atoms with E-state index in [4.69, 9.17) is 4.74 Å². The van der Waals surface area contributed by atoms with E-state index in [-0.39, 0.29) is 5.91 Å². The van der Waals surface area contributed by atoms with Gasteiger partial charge in [-0.25, -0.2) is 4.98 Å². The lowest BCUT2D eigenvalue weighted by Gasteiger charge is -2.22. The normalized spacial score (nSPS) is 10.6. The van der Waals surface area contributed by atoms with Gasteiger partial charge in [-0.05, 0) is 30.2 Å². The highest BCUT2D eigenvalue weighted by Gasteiger charge is 2.17. The second kappa shape index (κ2) is 8.49. The Morgan fingerprint density at radius 3 is 2.59 bits per heavy atom. The third kappa shape index (κ3) is 4.16. The summed E-state index contributed by atoms with van der Waals surface area (Å²) in [5.74, 6) is 1.59. The summed E-state index contributed by atoms with van der Waals surface area (Å²) in [6, 6.07) is 9.50. The molecule has 0 bridgehead atoms. The first-order chi connectivity index (χ1) is 13.1. The van der Waals surface area contributed by atoms with Gasteiger partial charge in [0.05, 0.1) is 19.9 Å². The van der Waals surface area contributed by atoms with Crippen molar-refractivity contribution in [1.29, 1.82) is 0 Å². The molecule has 1 aromatic carbocycles. The molecular formula is C21H24N4O2. The van der Waals surface area contributed by atoms with Crippen LogP contribution < -0.4 is 4.74 Å². The molecule has 6 heteroatoms. The maximum absolute atomic E-state index is 13.0. The lowest BCUT2D eigenvalue weighted by molar-refractivity contribution is 0.0737. The molecule has 0 atom stereocenters. The molecule has 0 spiro atoms. The molecule has 0 fully saturated rings. The van der Waals surface area contributed by atoms with Gasteiger partial charge in [-0.15, -0.1) is 0 Å². The number of rotatable bonds is 7. The third-order valence-electron chi connectivity index (χ3n) is 4.48. The van der Waals surface area contributed by atoms with Crippen molar-refractivity contribution in [3.05, 3.63) is 66.5 Å². The highest BCUT2D eigenvalue weighted by molar-refractivity contribution is 5.94. The summed E-state index contributed by atoms with van der Waals surface area (Å²) < 4.78 is 7.31. The maximum Gasteiger partial charge on any atom is 0.254 e. The van der Waals surface area contributed by atoms with Crippen molar-refractivity contribution < 1.29 is 9.53 Å². The zero-order chi connectivity index (χ0) is 19.2. The molecule has 1 amide bonds. The fraction of sp³-hybridized carbons (Fsp3) is 0.286. The number of benzene rings is 1. The first-order valence-electron chi connectivity index (χ1n) is 8.98. The van der Waals surface area contributed by atoms with E-state index in [1.807, 2.05) is 53.0 Å². The van der Waals surface area contributed by atoms with Gasteiger partial charge in [-0.2, -0.15) is 0 Å². The highest BCUT2D eigenvalue weighted by atomic mass is 16.5. The molecule has 6 nitrogen and oxygen atoms in total. The molecule has 0 aliphatic carbocycles. The summed E-state index contributed by atoms with van der Waals surface area (Å²) in [7, 11) is 3.56.